The molecule has 16 nitrogen and oxygen atoms in total. The normalized spacial score (nSPS) is 13.4. The van der Waals surface area contributed by atoms with Crippen molar-refractivity contribution in [3.8, 4) is 46.0 Å². The number of ether oxygens (including phenoxy) is 8. The predicted octanol–water partition coefficient (Wildman–Crippen LogP) is 22.6. The van der Waals surface area contributed by atoms with Crippen LogP contribution in [0.5, 0.6) is 46.0 Å². The van der Waals surface area contributed by atoms with Crippen LogP contribution in [-0.4, -0.2) is 81.2 Å². The second kappa shape index (κ2) is 40.8. The molecule has 0 spiro atoms. The van der Waals surface area contributed by atoms with E-state index < -0.39 is 0 Å². The van der Waals surface area contributed by atoms with Gasteiger partial charge in [-0.2, -0.15) is 0 Å². The van der Waals surface area contributed by atoms with Crippen LogP contribution in [0.1, 0.15) is 283 Å². The standard InChI is InChI=1S/C96H121N8O8/c1-9-17-25-41-57-105-81-65-49-33-34-50-66(65)82(106-58-42-26-18-10-2)74-73(81)89-97-90(74)102-92-77-78(86(110-62-46-30-22-14-6)70-54-38-37-53-69(70)85(77)109-61-45-29-21-13-5)94(99-92)104-96-80-79(87(111-63-47-31-23-15-7)71-55-39-40-56-72(71)88(80)112-64-48-32-24-16-8)95(100-96)103-93-76-75(91(98-93)101-89)83(107-59-43-27-19-11-3)67-51-35-36-52-68(67)84(76)108-60-44-28-20-12-4/h33-40,49-56H,9-32,41-48,57-64H2,1-8H3,(H,97,98,99,101,102,103,104). The number of benzene rings is 8. The first-order chi connectivity index (χ1) is 55.4. The van der Waals surface area contributed by atoms with Crippen LogP contribution in [0.4, 0.5) is 0 Å². The number of aromatic amines is 1. The topological polar surface area (TPSA) is 178 Å². The van der Waals surface area contributed by atoms with Gasteiger partial charge in [0.2, 0.25) is 0 Å². The van der Waals surface area contributed by atoms with Gasteiger partial charge in [-0.1, -0.05) is 307 Å². The molecule has 4 aliphatic rings. The van der Waals surface area contributed by atoms with E-state index in [-0.39, 0.29) is 0 Å². The average molecular weight is 1520 g/mol. The number of hydrogen-bond donors (Lipinski definition) is 1. The van der Waals surface area contributed by atoms with Gasteiger partial charge in [0.1, 0.15) is 57.0 Å². The summed E-state index contributed by atoms with van der Waals surface area (Å²) in [6.45, 7) is 21.6. The first-order valence-electron chi connectivity index (χ1n) is 43.5. The van der Waals surface area contributed by atoms with E-state index in [1.807, 2.05) is 0 Å². The van der Waals surface area contributed by atoms with E-state index in [0.717, 1.165) is 249 Å². The van der Waals surface area contributed by atoms with Crippen LogP contribution in [0.25, 0.3) is 65.5 Å². The van der Waals surface area contributed by atoms with Crippen molar-refractivity contribution in [1.29, 1.82) is 0 Å². The molecular weight excluding hydrogens is 1390 g/mol. The van der Waals surface area contributed by atoms with Gasteiger partial charge < -0.3 is 42.9 Å². The molecule has 0 amide bonds. The van der Waals surface area contributed by atoms with Crippen molar-refractivity contribution in [2.45, 2.75) is 261 Å². The number of nitrogens with one attached hydrogen (secondary N) is 1. The Bertz CT molecular complexity index is 4840. The highest BCUT2D eigenvalue weighted by Gasteiger charge is 2.39. The fourth-order valence-electron chi connectivity index (χ4n) is 16.0. The molecule has 13 rings (SSSR count). The number of amidine groups is 4. The number of H-pyrrole nitrogens is 1. The van der Waals surface area contributed by atoms with Crippen molar-refractivity contribution in [2.24, 2.45) is 30.0 Å². The number of aliphatic imine (C=N–C) groups is 4. The van der Waals surface area contributed by atoms with E-state index in [2.05, 4.69) is 157 Å². The zero-order valence-electron chi connectivity index (χ0n) is 68.4. The molecule has 4 aliphatic heterocycles. The van der Waals surface area contributed by atoms with Crippen molar-refractivity contribution in [1.82, 2.24) is 10.3 Å². The highest BCUT2D eigenvalue weighted by molar-refractivity contribution is 6.30. The molecule has 593 valence electrons. The van der Waals surface area contributed by atoms with Crippen LogP contribution in [0.2, 0.25) is 0 Å². The molecule has 1 aromatic heterocycles. The van der Waals surface area contributed by atoms with Gasteiger partial charge in [0.15, 0.2) is 35.0 Å². The summed E-state index contributed by atoms with van der Waals surface area (Å²) >= 11 is 0. The molecule has 0 saturated carbocycles. The number of fused-ring (bicyclic) bond motifs is 20. The van der Waals surface area contributed by atoms with Gasteiger partial charge in [-0.3, -0.25) is 0 Å². The molecule has 8 aromatic carbocycles. The highest BCUT2D eigenvalue weighted by Crippen LogP contribution is 2.49. The first-order valence-corrected chi connectivity index (χ1v) is 43.5. The second-order valence-electron chi connectivity index (χ2n) is 30.6. The highest BCUT2D eigenvalue weighted by atomic mass is 16.5. The number of aromatic nitrogens is 1. The molecule has 0 saturated heterocycles. The predicted molar refractivity (Wildman–Crippen MR) is 461 cm³/mol. The fourth-order valence-corrected chi connectivity index (χ4v) is 16.0. The van der Waals surface area contributed by atoms with Gasteiger partial charge in [-0.25, -0.2) is 35.3 Å². The summed E-state index contributed by atoms with van der Waals surface area (Å²) in [5.41, 5.74) is 3.55. The lowest BCUT2D eigenvalue weighted by molar-refractivity contribution is 0.298. The average Bonchev–Trinajstić information content (AvgIpc) is 1.55. The Balaban J connectivity index is 1.24. The molecule has 16 heteroatoms. The minimum Gasteiger partial charge on any atom is -0.492 e. The largest absolute Gasteiger partial charge is 0.492 e. The number of rotatable bonds is 48. The molecule has 0 fully saturated rings. The van der Waals surface area contributed by atoms with E-state index in [1.54, 1.807) is 0 Å². The number of hydrogen-bond acceptors (Lipinski definition) is 14. The lowest BCUT2D eigenvalue weighted by Crippen LogP contribution is -2.30. The first kappa shape index (κ1) is 80.6. The van der Waals surface area contributed by atoms with Gasteiger partial charge in [0.25, 0.3) is 0 Å². The van der Waals surface area contributed by atoms with Crippen LogP contribution < -0.4 is 64.6 Å². The van der Waals surface area contributed by atoms with Gasteiger partial charge in [0, 0.05) is 43.1 Å². The molecule has 1 N–H and O–H groups in total. The Morgan fingerprint density at radius 1 is 0.223 bits per heavy atom. The number of nitrogens with zero attached hydrogens (tertiary/aromatic N) is 7. The van der Waals surface area contributed by atoms with Crippen molar-refractivity contribution >= 4 is 88.8 Å². The van der Waals surface area contributed by atoms with Crippen molar-refractivity contribution in [3.63, 3.8) is 0 Å². The summed E-state index contributed by atoms with van der Waals surface area (Å²) in [4.78, 5) is 39.6. The Hall–Kier alpha value is -9.44. The van der Waals surface area contributed by atoms with Crippen LogP contribution in [0.15, 0.2) is 127 Å². The summed E-state index contributed by atoms with van der Waals surface area (Å²) in [6, 6.07) is 33.8. The third-order valence-electron chi connectivity index (χ3n) is 22.0. The van der Waals surface area contributed by atoms with Crippen LogP contribution in [0.3, 0.4) is 0 Å². The summed E-state index contributed by atoms with van der Waals surface area (Å²) in [7, 11) is 0. The SMILES string of the molecule is CCCCCCOc1c2c(c(OCCCCCC)c3ccccc13)C1=NC3=c4c(OCCCCCC)c5ccccc5c(OCCCCCC)c4=C([N]3)N=C3N=C(N=c4[nH]c(c5c(OCCCCCC)c6ccccc6c(OCCCCCC)c45)=NC2=N1)c1c3c(OCCCCCC)c2ccccc2c1OCCCCCC. The van der Waals surface area contributed by atoms with Crippen LogP contribution in [-0.2, 0) is 0 Å². The molecular formula is C96H121N8O8. The summed E-state index contributed by atoms with van der Waals surface area (Å²) in [6.07, 6.45) is 32.4. The van der Waals surface area contributed by atoms with Crippen LogP contribution >= 0.6 is 0 Å². The third kappa shape index (κ3) is 18.1. The molecule has 112 heavy (non-hydrogen) atoms. The zero-order chi connectivity index (χ0) is 77.4. The molecule has 8 bridgehead atoms. The summed E-state index contributed by atoms with van der Waals surface area (Å²) < 4.78 is 59.0. The minimum atomic E-state index is 0.342. The maximum absolute atomic E-state index is 7.38. The van der Waals surface area contributed by atoms with Gasteiger partial charge >= 0.3 is 0 Å². The maximum Gasteiger partial charge on any atom is 0.168 e. The lowest BCUT2D eigenvalue weighted by Gasteiger charge is -2.19. The van der Waals surface area contributed by atoms with Crippen molar-refractivity contribution in [2.75, 3.05) is 52.9 Å². The summed E-state index contributed by atoms with van der Waals surface area (Å²) in [5, 5.41) is 15.6. The van der Waals surface area contributed by atoms with Gasteiger partial charge in [-0.15, -0.1) is 0 Å². The molecule has 1 radical (unpaired) electrons. The van der Waals surface area contributed by atoms with E-state index >= 15 is 0 Å². The summed E-state index contributed by atoms with van der Waals surface area (Å²) in [5.74, 6) is 7.31. The maximum atomic E-state index is 7.38. The van der Waals surface area contributed by atoms with Crippen molar-refractivity contribution in [3.05, 3.63) is 141 Å². The van der Waals surface area contributed by atoms with Crippen LogP contribution in [0, 0.1) is 0 Å². The number of unbranched alkanes of at least 4 members (excludes halogenated alkanes) is 24. The Morgan fingerprint density at radius 3 is 0.670 bits per heavy atom. The molecule has 9 aromatic rings. The van der Waals surface area contributed by atoms with E-state index in [9.17, 15) is 0 Å². The Morgan fingerprint density at radius 2 is 0.429 bits per heavy atom. The lowest BCUT2D eigenvalue weighted by atomic mass is 9.97. The Labute approximate surface area is 663 Å². The Kier molecular flexibility index (Phi) is 29.4. The fraction of sp³-hybridized carbons (Fsp3) is 0.500. The molecule has 5 heterocycles. The zero-order valence-corrected chi connectivity index (χ0v) is 68.4. The molecule has 0 aliphatic carbocycles. The monoisotopic (exact) mass is 1510 g/mol. The quantitative estimate of drug-likeness (QED) is 0.0366. The van der Waals surface area contributed by atoms with E-state index in [4.69, 9.17) is 73.2 Å². The third-order valence-corrected chi connectivity index (χ3v) is 22.0. The van der Waals surface area contributed by atoms with Crippen molar-refractivity contribution < 1.29 is 37.9 Å². The minimum absolute atomic E-state index is 0.342. The smallest absolute Gasteiger partial charge is 0.168 e. The molecule has 0 unspecified atom stereocenters. The molecule has 0 atom stereocenters. The van der Waals surface area contributed by atoms with E-state index in [1.165, 1.54) is 0 Å². The van der Waals surface area contributed by atoms with Gasteiger partial charge in [-0.05, 0) is 51.4 Å². The van der Waals surface area contributed by atoms with E-state index in [0.29, 0.717) is 188 Å². The second-order valence-corrected chi connectivity index (χ2v) is 30.6. The van der Waals surface area contributed by atoms with Gasteiger partial charge in [0.05, 0.1) is 96.3 Å².